The largest absolute Gasteiger partial charge is 0.351 e. The maximum absolute atomic E-state index is 13.6. The lowest BCUT2D eigenvalue weighted by atomic mass is 10.2. The molecule has 1 aromatic rings. The van der Waals surface area contributed by atoms with E-state index in [9.17, 15) is 21.8 Å². The molecule has 1 aromatic carbocycles. The Morgan fingerprint density at radius 2 is 2.10 bits per heavy atom. The first-order valence-corrected chi connectivity index (χ1v) is 9.42. The summed E-state index contributed by atoms with van der Waals surface area (Å²) >= 11 is 0. The average molecular weight is 342 g/mol. The van der Waals surface area contributed by atoms with E-state index in [2.05, 4.69) is 5.32 Å². The molecule has 0 spiro atoms. The van der Waals surface area contributed by atoms with Crippen LogP contribution in [-0.4, -0.2) is 36.6 Å². The van der Waals surface area contributed by atoms with E-state index in [1.165, 1.54) is 0 Å². The molecule has 112 valence electrons. The maximum Gasteiger partial charge on any atom is 0.261 e. The van der Waals surface area contributed by atoms with Crippen LogP contribution in [0, 0.1) is 5.82 Å². The SMILES string of the molecule is CCS(=O)CCNC(=O)c1ccc(S(=O)(=O)Cl)cc1F. The van der Waals surface area contributed by atoms with E-state index in [1.54, 1.807) is 6.92 Å². The third kappa shape index (κ3) is 4.84. The number of halogens is 2. The van der Waals surface area contributed by atoms with Crippen LogP contribution in [0.3, 0.4) is 0 Å². The normalized spacial score (nSPS) is 12.9. The predicted octanol–water partition coefficient (Wildman–Crippen LogP) is 1.25. The first-order chi connectivity index (χ1) is 9.25. The van der Waals surface area contributed by atoms with E-state index in [-0.39, 0.29) is 17.9 Å². The van der Waals surface area contributed by atoms with E-state index in [4.69, 9.17) is 10.7 Å². The lowest BCUT2D eigenvalue weighted by molar-refractivity contribution is 0.0952. The summed E-state index contributed by atoms with van der Waals surface area (Å²) in [5.41, 5.74) is -0.295. The molecule has 20 heavy (non-hydrogen) atoms. The van der Waals surface area contributed by atoms with Gasteiger partial charge in [0, 0.05) is 39.5 Å². The van der Waals surface area contributed by atoms with Crippen LogP contribution in [-0.2, 0) is 19.9 Å². The van der Waals surface area contributed by atoms with Gasteiger partial charge < -0.3 is 5.32 Å². The second-order valence-corrected chi connectivity index (χ2v) is 8.20. The topological polar surface area (TPSA) is 80.3 Å². The number of benzene rings is 1. The van der Waals surface area contributed by atoms with Crippen LogP contribution in [0.5, 0.6) is 0 Å². The van der Waals surface area contributed by atoms with E-state index in [0.29, 0.717) is 11.8 Å². The molecule has 0 radical (unpaired) electrons. The minimum atomic E-state index is -4.04. The molecular formula is C11H13ClFNO4S2. The molecule has 1 atom stereocenters. The van der Waals surface area contributed by atoms with Gasteiger partial charge in [-0.2, -0.15) is 0 Å². The summed E-state index contributed by atoms with van der Waals surface area (Å²) in [6.45, 7) is 1.90. The summed E-state index contributed by atoms with van der Waals surface area (Å²) in [6.07, 6.45) is 0. The summed E-state index contributed by atoms with van der Waals surface area (Å²) in [5.74, 6) is -0.931. The first-order valence-electron chi connectivity index (χ1n) is 5.63. The third-order valence-electron chi connectivity index (χ3n) is 2.40. The van der Waals surface area contributed by atoms with Crippen LogP contribution < -0.4 is 5.32 Å². The van der Waals surface area contributed by atoms with Gasteiger partial charge in [-0.1, -0.05) is 6.92 Å². The Balaban J connectivity index is 2.77. The van der Waals surface area contributed by atoms with Gasteiger partial charge in [0.05, 0.1) is 10.5 Å². The molecule has 0 heterocycles. The Bertz CT molecular complexity index is 633. The van der Waals surface area contributed by atoms with Gasteiger partial charge in [0.25, 0.3) is 15.0 Å². The zero-order valence-electron chi connectivity index (χ0n) is 10.6. The minimum absolute atomic E-state index is 0.147. The quantitative estimate of drug-likeness (QED) is 0.790. The fraction of sp³-hybridized carbons (Fsp3) is 0.364. The number of nitrogens with one attached hydrogen (secondary N) is 1. The molecule has 0 saturated heterocycles. The van der Waals surface area contributed by atoms with Crippen molar-refractivity contribution in [1.82, 2.24) is 5.32 Å². The Hall–Kier alpha value is -0.990. The summed E-state index contributed by atoms with van der Waals surface area (Å²) in [4.78, 5) is 11.2. The van der Waals surface area contributed by atoms with Crippen molar-refractivity contribution in [3.05, 3.63) is 29.6 Å². The Kier molecular flexibility index (Phi) is 6.09. The Labute approximate surface area is 123 Å². The Morgan fingerprint density at radius 1 is 1.45 bits per heavy atom. The molecule has 0 aliphatic rings. The summed E-state index contributed by atoms with van der Waals surface area (Å²) in [6, 6.07) is 2.77. The monoisotopic (exact) mass is 341 g/mol. The molecule has 0 bridgehead atoms. The molecular weight excluding hydrogens is 329 g/mol. The van der Waals surface area contributed by atoms with E-state index < -0.39 is 36.5 Å². The molecule has 1 N–H and O–H groups in total. The molecule has 0 fully saturated rings. The van der Waals surface area contributed by atoms with Gasteiger partial charge in [-0.3, -0.25) is 9.00 Å². The summed E-state index contributed by atoms with van der Waals surface area (Å²) < 4.78 is 46.8. The molecule has 1 unspecified atom stereocenters. The van der Waals surface area contributed by atoms with Crippen molar-refractivity contribution < 1.29 is 21.8 Å². The molecule has 0 aliphatic heterocycles. The van der Waals surface area contributed by atoms with E-state index in [1.807, 2.05) is 0 Å². The molecule has 0 aliphatic carbocycles. The van der Waals surface area contributed by atoms with Gasteiger partial charge in [-0.05, 0) is 18.2 Å². The van der Waals surface area contributed by atoms with Gasteiger partial charge in [-0.15, -0.1) is 0 Å². The van der Waals surface area contributed by atoms with Crippen molar-refractivity contribution in [2.24, 2.45) is 0 Å². The van der Waals surface area contributed by atoms with Gasteiger partial charge in [0.15, 0.2) is 0 Å². The van der Waals surface area contributed by atoms with Crippen LogP contribution in [0.15, 0.2) is 23.1 Å². The molecule has 5 nitrogen and oxygen atoms in total. The van der Waals surface area contributed by atoms with Gasteiger partial charge in [-0.25, -0.2) is 12.8 Å². The van der Waals surface area contributed by atoms with Gasteiger partial charge >= 0.3 is 0 Å². The number of rotatable bonds is 6. The molecule has 0 aromatic heterocycles. The van der Waals surface area contributed by atoms with Crippen LogP contribution >= 0.6 is 10.7 Å². The average Bonchev–Trinajstić information content (AvgIpc) is 2.37. The van der Waals surface area contributed by atoms with E-state index in [0.717, 1.165) is 12.1 Å². The fourth-order valence-corrected chi connectivity index (χ4v) is 2.73. The van der Waals surface area contributed by atoms with Crippen molar-refractivity contribution in [3.8, 4) is 0 Å². The van der Waals surface area contributed by atoms with Crippen LogP contribution in [0.25, 0.3) is 0 Å². The van der Waals surface area contributed by atoms with Crippen molar-refractivity contribution in [3.63, 3.8) is 0 Å². The van der Waals surface area contributed by atoms with Crippen LogP contribution in [0.1, 0.15) is 17.3 Å². The van der Waals surface area contributed by atoms with Crippen LogP contribution in [0.2, 0.25) is 0 Å². The zero-order valence-corrected chi connectivity index (χ0v) is 12.9. The van der Waals surface area contributed by atoms with Crippen molar-refractivity contribution in [2.75, 3.05) is 18.1 Å². The molecule has 1 rings (SSSR count). The lowest BCUT2D eigenvalue weighted by Gasteiger charge is -2.06. The number of amides is 1. The number of hydrogen-bond acceptors (Lipinski definition) is 4. The highest BCUT2D eigenvalue weighted by Crippen LogP contribution is 2.18. The van der Waals surface area contributed by atoms with Crippen molar-refractivity contribution >= 4 is 36.4 Å². The number of carbonyl (C=O) groups excluding carboxylic acids is 1. The van der Waals surface area contributed by atoms with Crippen molar-refractivity contribution in [1.29, 1.82) is 0 Å². The predicted molar refractivity (Wildman–Crippen MR) is 75.3 cm³/mol. The lowest BCUT2D eigenvalue weighted by Crippen LogP contribution is -2.28. The smallest absolute Gasteiger partial charge is 0.261 e. The third-order valence-corrected chi connectivity index (χ3v) is 5.06. The first kappa shape index (κ1) is 17.1. The highest BCUT2D eigenvalue weighted by molar-refractivity contribution is 8.13. The summed E-state index contributed by atoms with van der Waals surface area (Å²) in [7, 11) is 0.00316. The van der Waals surface area contributed by atoms with Crippen molar-refractivity contribution in [2.45, 2.75) is 11.8 Å². The zero-order chi connectivity index (χ0) is 15.3. The molecule has 0 saturated carbocycles. The van der Waals surface area contributed by atoms with Gasteiger partial charge in [0.1, 0.15) is 5.82 Å². The number of carbonyl (C=O) groups is 1. The summed E-state index contributed by atoms with van der Waals surface area (Å²) in [5, 5.41) is 2.41. The maximum atomic E-state index is 13.6. The fourth-order valence-electron chi connectivity index (χ4n) is 1.35. The Morgan fingerprint density at radius 3 is 2.60 bits per heavy atom. The highest BCUT2D eigenvalue weighted by Gasteiger charge is 2.16. The second kappa shape index (κ2) is 7.14. The second-order valence-electron chi connectivity index (χ2n) is 3.77. The van der Waals surface area contributed by atoms with E-state index >= 15 is 0 Å². The highest BCUT2D eigenvalue weighted by atomic mass is 35.7. The van der Waals surface area contributed by atoms with Crippen LogP contribution in [0.4, 0.5) is 4.39 Å². The number of hydrogen-bond donors (Lipinski definition) is 1. The standard InChI is InChI=1S/C11H13ClFNO4S2/c1-2-19(16)6-5-14-11(15)9-4-3-8(7-10(9)13)20(12,17)18/h3-4,7H,2,5-6H2,1H3,(H,14,15). The molecule has 9 heteroatoms. The molecule has 1 amide bonds. The minimum Gasteiger partial charge on any atom is -0.351 e. The van der Waals surface area contributed by atoms with Gasteiger partial charge in [0.2, 0.25) is 0 Å².